The molecule has 0 bridgehead atoms. The predicted molar refractivity (Wildman–Crippen MR) is 71.2 cm³/mol. The Morgan fingerprint density at radius 1 is 1.39 bits per heavy atom. The average Bonchev–Trinajstić information content (AvgIpc) is 2.39. The molecule has 0 amide bonds. The SMILES string of the molecule is COC1CCN(c2ccc(F)cc2[C@@H](C)N)CC1. The number of nitrogens with two attached hydrogens (primary N) is 1. The molecular formula is C14H21FN2O. The molecule has 4 heteroatoms. The topological polar surface area (TPSA) is 38.5 Å². The highest BCUT2D eigenvalue weighted by Crippen LogP contribution is 2.29. The van der Waals surface area contributed by atoms with Gasteiger partial charge >= 0.3 is 0 Å². The molecule has 1 aromatic rings. The van der Waals surface area contributed by atoms with Gasteiger partial charge in [0.15, 0.2) is 0 Å². The van der Waals surface area contributed by atoms with Crippen molar-refractivity contribution in [3.63, 3.8) is 0 Å². The number of rotatable bonds is 3. The number of piperidine rings is 1. The minimum Gasteiger partial charge on any atom is -0.381 e. The second-order valence-electron chi connectivity index (χ2n) is 4.91. The summed E-state index contributed by atoms with van der Waals surface area (Å²) in [7, 11) is 1.76. The molecule has 0 aromatic heterocycles. The molecular weight excluding hydrogens is 231 g/mol. The van der Waals surface area contributed by atoms with E-state index in [1.54, 1.807) is 13.2 Å². The van der Waals surface area contributed by atoms with Gasteiger partial charge < -0.3 is 15.4 Å². The van der Waals surface area contributed by atoms with Crippen molar-refractivity contribution in [2.24, 2.45) is 5.73 Å². The van der Waals surface area contributed by atoms with Crippen LogP contribution >= 0.6 is 0 Å². The predicted octanol–water partition coefficient (Wildman–Crippen LogP) is 2.46. The third kappa shape index (κ3) is 2.82. The van der Waals surface area contributed by atoms with E-state index in [0.717, 1.165) is 37.2 Å². The Morgan fingerprint density at radius 2 is 2.06 bits per heavy atom. The van der Waals surface area contributed by atoms with E-state index in [9.17, 15) is 4.39 Å². The third-order valence-corrected chi connectivity index (χ3v) is 3.60. The molecule has 2 rings (SSSR count). The number of hydrogen-bond acceptors (Lipinski definition) is 3. The molecule has 0 saturated carbocycles. The maximum Gasteiger partial charge on any atom is 0.123 e. The summed E-state index contributed by atoms with van der Waals surface area (Å²) in [6, 6.07) is 4.73. The summed E-state index contributed by atoms with van der Waals surface area (Å²) in [6.07, 6.45) is 2.36. The van der Waals surface area contributed by atoms with E-state index >= 15 is 0 Å². The van der Waals surface area contributed by atoms with Crippen molar-refractivity contribution in [2.75, 3.05) is 25.1 Å². The van der Waals surface area contributed by atoms with Crippen molar-refractivity contribution >= 4 is 5.69 Å². The fraction of sp³-hybridized carbons (Fsp3) is 0.571. The lowest BCUT2D eigenvalue weighted by Gasteiger charge is -2.34. The van der Waals surface area contributed by atoms with Gasteiger partial charge in [-0.25, -0.2) is 4.39 Å². The van der Waals surface area contributed by atoms with Crippen molar-refractivity contribution in [3.8, 4) is 0 Å². The van der Waals surface area contributed by atoms with Crippen LogP contribution in [0.4, 0.5) is 10.1 Å². The molecule has 3 nitrogen and oxygen atoms in total. The van der Waals surface area contributed by atoms with E-state index in [0.29, 0.717) is 6.10 Å². The number of benzene rings is 1. The summed E-state index contributed by atoms with van der Waals surface area (Å²) in [5.41, 5.74) is 7.86. The maximum absolute atomic E-state index is 13.3. The Morgan fingerprint density at radius 3 is 2.61 bits per heavy atom. The smallest absolute Gasteiger partial charge is 0.123 e. The minimum absolute atomic E-state index is 0.157. The van der Waals surface area contributed by atoms with Crippen LogP contribution in [0, 0.1) is 5.82 Å². The molecule has 18 heavy (non-hydrogen) atoms. The van der Waals surface area contributed by atoms with Gasteiger partial charge in [-0.3, -0.25) is 0 Å². The van der Waals surface area contributed by atoms with E-state index in [1.807, 2.05) is 13.0 Å². The Kier molecular flexibility index (Phi) is 4.19. The first kappa shape index (κ1) is 13.3. The second-order valence-corrected chi connectivity index (χ2v) is 4.91. The van der Waals surface area contributed by atoms with Crippen LogP contribution in [-0.4, -0.2) is 26.3 Å². The summed E-state index contributed by atoms with van der Waals surface area (Å²) in [5, 5.41) is 0. The largest absolute Gasteiger partial charge is 0.381 e. The lowest BCUT2D eigenvalue weighted by Crippen LogP contribution is -2.37. The van der Waals surface area contributed by atoms with Crippen molar-refractivity contribution in [1.29, 1.82) is 0 Å². The van der Waals surface area contributed by atoms with Crippen LogP contribution in [0.5, 0.6) is 0 Å². The van der Waals surface area contributed by atoms with E-state index in [4.69, 9.17) is 10.5 Å². The Balaban J connectivity index is 2.18. The van der Waals surface area contributed by atoms with Crippen LogP contribution < -0.4 is 10.6 Å². The van der Waals surface area contributed by atoms with Gasteiger partial charge in [-0.2, -0.15) is 0 Å². The van der Waals surface area contributed by atoms with E-state index < -0.39 is 0 Å². The molecule has 0 spiro atoms. The molecule has 1 saturated heterocycles. The molecule has 2 N–H and O–H groups in total. The highest BCUT2D eigenvalue weighted by Gasteiger charge is 2.21. The Hall–Kier alpha value is -1.13. The normalized spacial score (nSPS) is 19.0. The number of methoxy groups -OCH3 is 1. The number of ether oxygens (including phenoxy) is 1. The van der Waals surface area contributed by atoms with E-state index in [2.05, 4.69) is 4.90 Å². The summed E-state index contributed by atoms with van der Waals surface area (Å²) in [4.78, 5) is 2.27. The van der Waals surface area contributed by atoms with Gasteiger partial charge in [0.05, 0.1) is 6.10 Å². The lowest BCUT2D eigenvalue weighted by atomic mass is 10.0. The highest BCUT2D eigenvalue weighted by molar-refractivity contribution is 5.55. The molecule has 1 heterocycles. The average molecular weight is 252 g/mol. The standard InChI is InChI=1S/C14H21FN2O/c1-10(16)13-9-11(15)3-4-14(13)17-7-5-12(18-2)6-8-17/h3-4,9-10,12H,5-8,16H2,1-2H3/t10-/m1/s1. The fourth-order valence-corrected chi connectivity index (χ4v) is 2.51. The van der Waals surface area contributed by atoms with Crippen LogP contribution in [0.3, 0.4) is 0 Å². The van der Waals surface area contributed by atoms with Crippen molar-refractivity contribution in [3.05, 3.63) is 29.6 Å². The second kappa shape index (κ2) is 5.67. The summed E-state index contributed by atoms with van der Waals surface area (Å²) in [5.74, 6) is -0.224. The zero-order chi connectivity index (χ0) is 13.1. The molecule has 0 unspecified atom stereocenters. The molecule has 0 aliphatic carbocycles. The molecule has 0 radical (unpaired) electrons. The maximum atomic E-state index is 13.3. The van der Waals surface area contributed by atoms with Gasteiger partial charge in [-0.15, -0.1) is 0 Å². The third-order valence-electron chi connectivity index (χ3n) is 3.60. The molecule has 1 atom stereocenters. The zero-order valence-corrected chi connectivity index (χ0v) is 11.0. The quantitative estimate of drug-likeness (QED) is 0.898. The number of anilines is 1. The fourth-order valence-electron chi connectivity index (χ4n) is 2.51. The first-order valence-electron chi connectivity index (χ1n) is 6.44. The molecule has 1 aliphatic heterocycles. The number of hydrogen-bond donors (Lipinski definition) is 1. The molecule has 1 aromatic carbocycles. The van der Waals surface area contributed by atoms with Crippen LogP contribution in [0.1, 0.15) is 31.4 Å². The molecule has 100 valence electrons. The monoisotopic (exact) mass is 252 g/mol. The van der Waals surface area contributed by atoms with Gasteiger partial charge in [0, 0.05) is 31.9 Å². The summed E-state index contributed by atoms with van der Waals surface area (Å²) >= 11 is 0. The van der Waals surface area contributed by atoms with Crippen molar-refractivity contribution in [1.82, 2.24) is 0 Å². The summed E-state index contributed by atoms with van der Waals surface area (Å²) < 4.78 is 18.7. The van der Waals surface area contributed by atoms with Gasteiger partial charge in [0.1, 0.15) is 5.82 Å². The van der Waals surface area contributed by atoms with Crippen LogP contribution in [0.2, 0.25) is 0 Å². The molecule has 1 fully saturated rings. The van der Waals surface area contributed by atoms with Crippen LogP contribution in [0.15, 0.2) is 18.2 Å². The van der Waals surface area contributed by atoms with Gasteiger partial charge in [0.2, 0.25) is 0 Å². The van der Waals surface area contributed by atoms with Gasteiger partial charge in [0.25, 0.3) is 0 Å². The zero-order valence-electron chi connectivity index (χ0n) is 11.0. The first-order chi connectivity index (χ1) is 8.61. The van der Waals surface area contributed by atoms with Crippen molar-refractivity contribution < 1.29 is 9.13 Å². The minimum atomic E-state index is -0.224. The van der Waals surface area contributed by atoms with Crippen LogP contribution in [-0.2, 0) is 4.74 Å². The summed E-state index contributed by atoms with van der Waals surface area (Å²) in [6.45, 7) is 3.76. The number of halogens is 1. The Bertz CT molecular complexity index is 401. The number of nitrogens with zero attached hydrogens (tertiary/aromatic N) is 1. The Labute approximate surface area is 108 Å². The first-order valence-corrected chi connectivity index (χ1v) is 6.44. The van der Waals surface area contributed by atoms with E-state index in [-0.39, 0.29) is 11.9 Å². The van der Waals surface area contributed by atoms with Gasteiger partial charge in [-0.1, -0.05) is 0 Å². The van der Waals surface area contributed by atoms with E-state index in [1.165, 1.54) is 6.07 Å². The van der Waals surface area contributed by atoms with Crippen LogP contribution in [0.25, 0.3) is 0 Å². The van der Waals surface area contributed by atoms with Crippen molar-refractivity contribution in [2.45, 2.75) is 31.9 Å². The highest BCUT2D eigenvalue weighted by atomic mass is 19.1. The molecule has 1 aliphatic rings. The van der Waals surface area contributed by atoms with Gasteiger partial charge in [-0.05, 0) is 43.5 Å². The lowest BCUT2D eigenvalue weighted by molar-refractivity contribution is 0.0819.